The molecule has 0 aliphatic rings. The van der Waals surface area contributed by atoms with Gasteiger partial charge in [-0.05, 0) is 42.7 Å². The van der Waals surface area contributed by atoms with Crippen molar-refractivity contribution in [1.82, 2.24) is 9.97 Å². The molecule has 1 N–H and O–H groups in total. The quantitative estimate of drug-likeness (QED) is 0.697. The maximum Gasteiger partial charge on any atom is 0.262 e. The molecule has 5 nitrogen and oxygen atoms in total. The molecule has 0 saturated carbocycles. The van der Waals surface area contributed by atoms with E-state index in [9.17, 15) is 4.79 Å². The molecule has 0 unspecified atom stereocenters. The minimum Gasteiger partial charge on any atom is -0.481 e. The van der Waals surface area contributed by atoms with E-state index in [4.69, 9.17) is 16.3 Å². The van der Waals surface area contributed by atoms with Gasteiger partial charge in [-0.1, -0.05) is 11.6 Å². The summed E-state index contributed by atoms with van der Waals surface area (Å²) in [4.78, 5) is 20.5. The van der Waals surface area contributed by atoms with E-state index in [0.717, 1.165) is 10.4 Å². The van der Waals surface area contributed by atoms with Crippen molar-refractivity contribution >= 4 is 45.9 Å². The first kappa shape index (κ1) is 16.5. The highest BCUT2D eigenvalue weighted by Gasteiger charge is 2.09. The van der Waals surface area contributed by atoms with Crippen LogP contribution in [0.5, 0.6) is 5.75 Å². The Balaban J connectivity index is 1.67. The zero-order valence-corrected chi connectivity index (χ0v) is 14.4. The number of hydrogen-bond donors (Lipinski definition) is 1. The third kappa shape index (κ3) is 3.77. The summed E-state index contributed by atoms with van der Waals surface area (Å²) < 4.78 is 5.60. The molecule has 0 spiro atoms. The third-order valence-corrected chi connectivity index (χ3v) is 4.26. The fraction of sp³-hybridized carbons (Fsp3) is 0.118. The number of nitrogens with one attached hydrogen (secondary N) is 1. The first-order valence-electron chi connectivity index (χ1n) is 7.13. The van der Waals surface area contributed by atoms with Gasteiger partial charge in [0, 0.05) is 11.6 Å². The van der Waals surface area contributed by atoms with Crippen LogP contribution in [0.1, 0.15) is 0 Å². The van der Waals surface area contributed by atoms with E-state index in [1.165, 1.54) is 11.8 Å². The number of carbonyl (C=O) groups is 1. The van der Waals surface area contributed by atoms with Gasteiger partial charge in [-0.15, -0.1) is 11.8 Å². The minimum absolute atomic E-state index is 0.127. The lowest BCUT2D eigenvalue weighted by molar-refractivity contribution is -0.118. The zero-order chi connectivity index (χ0) is 16.9. The second kappa shape index (κ2) is 7.51. The highest BCUT2D eigenvalue weighted by atomic mass is 35.5. The Morgan fingerprint density at radius 2 is 2.12 bits per heavy atom. The number of aromatic nitrogens is 2. The van der Waals surface area contributed by atoms with Gasteiger partial charge >= 0.3 is 0 Å². The van der Waals surface area contributed by atoms with Crippen LogP contribution in [0.3, 0.4) is 0 Å². The van der Waals surface area contributed by atoms with E-state index in [1.54, 1.807) is 36.7 Å². The highest BCUT2D eigenvalue weighted by molar-refractivity contribution is 7.98. The summed E-state index contributed by atoms with van der Waals surface area (Å²) in [5.41, 5.74) is 1.25. The van der Waals surface area contributed by atoms with Crippen LogP contribution >= 0.6 is 23.4 Å². The molecule has 0 bridgehead atoms. The number of amides is 1. The molecule has 0 radical (unpaired) electrons. The van der Waals surface area contributed by atoms with Crippen LogP contribution in [0.4, 0.5) is 5.69 Å². The number of thioether (sulfide) groups is 1. The molecular weight excluding hydrogens is 346 g/mol. The Hall–Kier alpha value is -2.31. The molecule has 3 aromatic rings. The average Bonchev–Trinajstić information content (AvgIpc) is 2.62. The van der Waals surface area contributed by atoms with Crippen LogP contribution in [-0.4, -0.2) is 28.7 Å². The molecule has 24 heavy (non-hydrogen) atoms. The zero-order valence-electron chi connectivity index (χ0n) is 12.8. The molecule has 1 aromatic carbocycles. The fourth-order valence-corrected chi connectivity index (χ4v) is 2.72. The van der Waals surface area contributed by atoms with Gasteiger partial charge in [0.15, 0.2) is 6.61 Å². The van der Waals surface area contributed by atoms with Gasteiger partial charge in [0.25, 0.3) is 5.91 Å². The van der Waals surface area contributed by atoms with E-state index in [-0.39, 0.29) is 12.5 Å². The van der Waals surface area contributed by atoms with Gasteiger partial charge in [-0.2, -0.15) is 0 Å². The number of rotatable bonds is 5. The summed E-state index contributed by atoms with van der Waals surface area (Å²) >= 11 is 7.68. The van der Waals surface area contributed by atoms with Crippen LogP contribution in [0.2, 0.25) is 5.02 Å². The number of ether oxygens (including phenoxy) is 1. The number of halogens is 1. The molecule has 2 heterocycles. The molecular formula is C17H14ClN3O2S. The lowest BCUT2D eigenvalue weighted by atomic mass is 10.2. The summed E-state index contributed by atoms with van der Waals surface area (Å²) in [6.07, 6.45) is 5.21. The second-order valence-corrected chi connectivity index (χ2v) is 6.10. The summed E-state index contributed by atoms with van der Waals surface area (Å²) in [5.74, 6) is 0.244. The van der Waals surface area contributed by atoms with Crippen molar-refractivity contribution in [2.24, 2.45) is 0 Å². The normalized spacial score (nSPS) is 10.6. The second-order valence-electron chi connectivity index (χ2n) is 4.87. The smallest absolute Gasteiger partial charge is 0.262 e. The lowest BCUT2D eigenvalue weighted by Crippen LogP contribution is -2.20. The number of hydrogen-bond acceptors (Lipinski definition) is 5. The van der Waals surface area contributed by atoms with Gasteiger partial charge in [-0.3, -0.25) is 9.78 Å². The van der Waals surface area contributed by atoms with E-state index in [1.807, 2.05) is 18.4 Å². The average molecular weight is 360 g/mol. The molecule has 0 atom stereocenters. The molecule has 3 rings (SSSR count). The highest BCUT2D eigenvalue weighted by Crippen LogP contribution is 2.29. The Kier molecular flexibility index (Phi) is 5.17. The maximum atomic E-state index is 12.0. The van der Waals surface area contributed by atoms with Gasteiger partial charge in [-0.25, -0.2) is 4.98 Å². The Labute approximate surface area is 148 Å². The maximum absolute atomic E-state index is 12.0. The van der Waals surface area contributed by atoms with Crippen molar-refractivity contribution in [3.8, 4) is 5.75 Å². The predicted octanol–water partition coefficient (Wildman–Crippen LogP) is 4.02. The third-order valence-electron chi connectivity index (χ3n) is 3.27. The minimum atomic E-state index is -0.271. The summed E-state index contributed by atoms with van der Waals surface area (Å²) in [5, 5.41) is 5.01. The van der Waals surface area contributed by atoms with Crippen LogP contribution in [0.25, 0.3) is 10.9 Å². The first-order chi connectivity index (χ1) is 11.7. The van der Waals surface area contributed by atoms with E-state index < -0.39 is 0 Å². The predicted molar refractivity (Wildman–Crippen MR) is 96.9 cm³/mol. The summed E-state index contributed by atoms with van der Waals surface area (Å²) in [6.45, 7) is -0.127. The number of fused-ring (bicyclic) bond motifs is 1. The van der Waals surface area contributed by atoms with Crippen molar-refractivity contribution in [2.75, 3.05) is 18.2 Å². The van der Waals surface area contributed by atoms with E-state index in [0.29, 0.717) is 22.0 Å². The number of benzene rings is 1. The van der Waals surface area contributed by atoms with Crippen molar-refractivity contribution in [3.63, 3.8) is 0 Å². The molecule has 0 aliphatic carbocycles. The van der Waals surface area contributed by atoms with Gasteiger partial charge in [0.1, 0.15) is 11.3 Å². The first-order valence-corrected chi connectivity index (χ1v) is 8.73. The van der Waals surface area contributed by atoms with Gasteiger partial charge < -0.3 is 10.1 Å². The van der Waals surface area contributed by atoms with Crippen molar-refractivity contribution < 1.29 is 9.53 Å². The number of pyridine rings is 2. The Morgan fingerprint density at radius 3 is 2.88 bits per heavy atom. The summed E-state index contributed by atoms with van der Waals surface area (Å²) in [6, 6.07) is 10.7. The number of nitrogens with zero attached hydrogens (tertiary/aromatic N) is 2. The van der Waals surface area contributed by atoms with Crippen LogP contribution in [0, 0.1) is 0 Å². The van der Waals surface area contributed by atoms with Crippen LogP contribution in [-0.2, 0) is 4.79 Å². The molecule has 0 aliphatic heterocycles. The van der Waals surface area contributed by atoms with E-state index >= 15 is 0 Å². The topological polar surface area (TPSA) is 64.1 Å². The SMILES string of the molecule is CSc1ccc(NC(=O)COc2ccc(Cl)c3cccnc23)cn1. The van der Waals surface area contributed by atoms with Crippen LogP contribution in [0.15, 0.2) is 53.8 Å². The Bertz CT molecular complexity index is 871. The molecule has 7 heteroatoms. The number of anilines is 1. The number of carbonyl (C=O) groups excluding carboxylic acids is 1. The molecule has 122 valence electrons. The van der Waals surface area contributed by atoms with Crippen molar-refractivity contribution in [2.45, 2.75) is 5.03 Å². The Morgan fingerprint density at radius 1 is 1.25 bits per heavy atom. The van der Waals surface area contributed by atoms with Gasteiger partial charge in [0.2, 0.25) is 0 Å². The molecule has 0 fully saturated rings. The molecule has 1 amide bonds. The molecule has 2 aromatic heterocycles. The van der Waals surface area contributed by atoms with Crippen LogP contribution < -0.4 is 10.1 Å². The van der Waals surface area contributed by atoms with E-state index in [2.05, 4.69) is 15.3 Å². The lowest BCUT2D eigenvalue weighted by Gasteiger charge is -2.10. The standard InChI is InChI=1S/C17H14ClN3O2S/c1-24-16-7-4-11(9-20-16)21-15(22)10-23-14-6-5-13(18)12-3-2-8-19-17(12)14/h2-9H,10H2,1H3,(H,21,22). The van der Waals surface area contributed by atoms with Crippen molar-refractivity contribution in [3.05, 3.63) is 53.8 Å². The van der Waals surface area contributed by atoms with Gasteiger partial charge in [0.05, 0.1) is 21.9 Å². The molecule has 0 saturated heterocycles. The summed E-state index contributed by atoms with van der Waals surface area (Å²) in [7, 11) is 0. The monoisotopic (exact) mass is 359 g/mol. The fourth-order valence-electron chi connectivity index (χ4n) is 2.14. The van der Waals surface area contributed by atoms with Crippen molar-refractivity contribution in [1.29, 1.82) is 0 Å². The largest absolute Gasteiger partial charge is 0.481 e.